The normalized spacial score (nSPS) is 24.6. The van der Waals surface area contributed by atoms with Crippen LogP contribution in [0.1, 0.15) is 13.3 Å². The van der Waals surface area contributed by atoms with Gasteiger partial charge in [-0.3, -0.25) is 10.1 Å². The van der Waals surface area contributed by atoms with Crippen LogP contribution in [0.15, 0.2) is 12.3 Å². The monoisotopic (exact) mass is 170 g/mol. The molecule has 0 spiro atoms. The standard InChI is InChI=1S/C8H14N2O2/c1-6(8(11)12)10-7-2-4-9-5-3-7/h2,4,6-7,9-10H,3,5H2,1H3,(H,11,12). The van der Waals surface area contributed by atoms with Crippen molar-refractivity contribution in [2.75, 3.05) is 6.54 Å². The fraction of sp³-hybridized carbons (Fsp3) is 0.625. The average Bonchev–Trinajstić information content (AvgIpc) is 2.06. The van der Waals surface area contributed by atoms with Crippen LogP contribution in [-0.4, -0.2) is 29.7 Å². The van der Waals surface area contributed by atoms with E-state index in [1.165, 1.54) is 0 Å². The van der Waals surface area contributed by atoms with Crippen LogP contribution in [0.3, 0.4) is 0 Å². The lowest BCUT2D eigenvalue weighted by molar-refractivity contribution is -0.139. The van der Waals surface area contributed by atoms with Gasteiger partial charge in [-0.1, -0.05) is 6.08 Å². The van der Waals surface area contributed by atoms with Gasteiger partial charge in [-0.25, -0.2) is 0 Å². The van der Waals surface area contributed by atoms with E-state index in [2.05, 4.69) is 10.6 Å². The zero-order valence-electron chi connectivity index (χ0n) is 7.08. The summed E-state index contributed by atoms with van der Waals surface area (Å²) in [7, 11) is 0. The Morgan fingerprint density at radius 2 is 2.58 bits per heavy atom. The van der Waals surface area contributed by atoms with Gasteiger partial charge < -0.3 is 10.4 Å². The molecular weight excluding hydrogens is 156 g/mol. The van der Waals surface area contributed by atoms with Crippen molar-refractivity contribution in [1.82, 2.24) is 10.6 Å². The third-order valence-corrected chi connectivity index (χ3v) is 1.88. The molecule has 4 nitrogen and oxygen atoms in total. The van der Waals surface area contributed by atoms with Gasteiger partial charge in [0.25, 0.3) is 0 Å². The lowest BCUT2D eigenvalue weighted by atomic mass is 10.1. The molecule has 1 heterocycles. The van der Waals surface area contributed by atoms with Crippen LogP contribution >= 0.6 is 0 Å². The van der Waals surface area contributed by atoms with Gasteiger partial charge >= 0.3 is 5.97 Å². The lowest BCUT2D eigenvalue weighted by Gasteiger charge is -2.21. The summed E-state index contributed by atoms with van der Waals surface area (Å²) in [5.74, 6) is -0.804. The van der Waals surface area contributed by atoms with E-state index in [0.717, 1.165) is 13.0 Å². The first-order chi connectivity index (χ1) is 5.70. The maximum absolute atomic E-state index is 10.5. The second kappa shape index (κ2) is 4.11. The average molecular weight is 170 g/mol. The second-order valence-electron chi connectivity index (χ2n) is 2.94. The van der Waals surface area contributed by atoms with E-state index in [0.29, 0.717) is 0 Å². The van der Waals surface area contributed by atoms with Gasteiger partial charge in [0.1, 0.15) is 6.04 Å². The van der Waals surface area contributed by atoms with Crippen molar-refractivity contribution in [2.45, 2.75) is 25.4 Å². The van der Waals surface area contributed by atoms with Crippen LogP contribution in [-0.2, 0) is 4.79 Å². The third kappa shape index (κ3) is 2.54. The Labute approximate surface area is 71.7 Å². The first-order valence-corrected chi connectivity index (χ1v) is 4.09. The fourth-order valence-electron chi connectivity index (χ4n) is 1.13. The predicted molar refractivity (Wildman–Crippen MR) is 45.8 cm³/mol. The van der Waals surface area contributed by atoms with Crippen LogP contribution in [0.4, 0.5) is 0 Å². The molecule has 1 aliphatic heterocycles. The Morgan fingerprint density at radius 3 is 3.08 bits per heavy atom. The molecular formula is C8H14N2O2. The minimum absolute atomic E-state index is 0.192. The number of hydrogen-bond acceptors (Lipinski definition) is 3. The molecule has 0 aliphatic carbocycles. The molecule has 4 heteroatoms. The third-order valence-electron chi connectivity index (χ3n) is 1.88. The van der Waals surface area contributed by atoms with E-state index in [4.69, 9.17) is 5.11 Å². The van der Waals surface area contributed by atoms with Crippen molar-refractivity contribution in [2.24, 2.45) is 0 Å². The van der Waals surface area contributed by atoms with Gasteiger partial charge in [0.2, 0.25) is 0 Å². The first-order valence-electron chi connectivity index (χ1n) is 4.09. The highest BCUT2D eigenvalue weighted by Crippen LogP contribution is 1.99. The zero-order chi connectivity index (χ0) is 8.97. The largest absolute Gasteiger partial charge is 0.480 e. The first kappa shape index (κ1) is 9.06. The molecule has 12 heavy (non-hydrogen) atoms. The van der Waals surface area contributed by atoms with Crippen LogP contribution in [0, 0.1) is 0 Å². The van der Waals surface area contributed by atoms with Crippen molar-refractivity contribution < 1.29 is 9.90 Å². The van der Waals surface area contributed by atoms with Crippen molar-refractivity contribution in [1.29, 1.82) is 0 Å². The number of rotatable bonds is 3. The van der Waals surface area contributed by atoms with Crippen LogP contribution in [0.2, 0.25) is 0 Å². The van der Waals surface area contributed by atoms with E-state index in [-0.39, 0.29) is 6.04 Å². The number of hydrogen-bond donors (Lipinski definition) is 3. The molecule has 1 rings (SSSR count). The van der Waals surface area contributed by atoms with Crippen molar-refractivity contribution >= 4 is 5.97 Å². The summed E-state index contributed by atoms with van der Waals surface area (Å²) in [6.07, 6.45) is 4.74. The second-order valence-corrected chi connectivity index (χ2v) is 2.94. The molecule has 1 aliphatic rings. The molecule has 0 aromatic heterocycles. The summed E-state index contributed by atoms with van der Waals surface area (Å²) >= 11 is 0. The van der Waals surface area contributed by atoms with Gasteiger partial charge in [0.15, 0.2) is 0 Å². The summed E-state index contributed by atoms with van der Waals surface area (Å²) in [6.45, 7) is 2.55. The molecule has 3 N–H and O–H groups in total. The molecule has 2 unspecified atom stereocenters. The van der Waals surface area contributed by atoms with E-state index >= 15 is 0 Å². The number of carboxylic acids is 1. The SMILES string of the molecule is CC(NC1C=CNCC1)C(=O)O. The predicted octanol–water partition coefficient (Wildman–Crippen LogP) is -0.0753. The number of nitrogens with one attached hydrogen (secondary N) is 2. The summed E-state index contributed by atoms with van der Waals surface area (Å²) in [4.78, 5) is 10.5. The van der Waals surface area contributed by atoms with Gasteiger partial charge in [0, 0.05) is 12.6 Å². The Balaban J connectivity index is 2.34. The lowest BCUT2D eigenvalue weighted by Crippen LogP contribution is -2.42. The molecule has 0 saturated heterocycles. The van der Waals surface area contributed by atoms with Crippen molar-refractivity contribution in [3.63, 3.8) is 0 Å². The molecule has 0 aromatic carbocycles. The van der Waals surface area contributed by atoms with Crippen molar-refractivity contribution in [3.8, 4) is 0 Å². The van der Waals surface area contributed by atoms with E-state index < -0.39 is 12.0 Å². The molecule has 0 fully saturated rings. The number of carboxylic acid groups (broad SMARTS) is 1. The van der Waals surface area contributed by atoms with E-state index in [9.17, 15) is 4.79 Å². The highest BCUT2D eigenvalue weighted by Gasteiger charge is 2.15. The Bertz CT molecular complexity index is 191. The van der Waals surface area contributed by atoms with Crippen LogP contribution < -0.4 is 10.6 Å². The van der Waals surface area contributed by atoms with Gasteiger partial charge in [-0.2, -0.15) is 0 Å². The summed E-state index contributed by atoms with van der Waals surface area (Å²) in [5.41, 5.74) is 0. The minimum Gasteiger partial charge on any atom is -0.480 e. The Morgan fingerprint density at radius 1 is 1.83 bits per heavy atom. The highest BCUT2D eigenvalue weighted by atomic mass is 16.4. The quantitative estimate of drug-likeness (QED) is 0.554. The topological polar surface area (TPSA) is 61.4 Å². The molecule has 68 valence electrons. The number of carbonyl (C=O) groups is 1. The summed E-state index contributed by atoms with van der Waals surface area (Å²) in [5, 5.41) is 14.7. The summed E-state index contributed by atoms with van der Waals surface area (Å²) < 4.78 is 0. The highest BCUT2D eigenvalue weighted by molar-refractivity contribution is 5.72. The van der Waals surface area contributed by atoms with Crippen LogP contribution in [0.5, 0.6) is 0 Å². The van der Waals surface area contributed by atoms with Gasteiger partial charge in [-0.15, -0.1) is 0 Å². The molecule has 0 radical (unpaired) electrons. The fourth-order valence-corrected chi connectivity index (χ4v) is 1.13. The molecule has 0 amide bonds. The van der Waals surface area contributed by atoms with E-state index in [1.54, 1.807) is 6.92 Å². The van der Waals surface area contributed by atoms with Gasteiger partial charge in [0.05, 0.1) is 0 Å². The van der Waals surface area contributed by atoms with Gasteiger partial charge in [-0.05, 0) is 19.5 Å². The Kier molecular flexibility index (Phi) is 3.10. The smallest absolute Gasteiger partial charge is 0.320 e. The maximum atomic E-state index is 10.5. The molecule has 0 saturated carbocycles. The number of aliphatic carboxylic acids is 1. The van der Waals surface area contributed by atoms with Crippen molar-refractivity contribution in [3.05, 3.63) is 12.3 Å². The zero-order valence-corrected chi connectivity index (χ0v) is 7.08. The molecule has 2 atom stereocenters. The molecule has 0 aromatic rings. The maximum Gasteiger partial charge on any atom is 0.320 e. The van der Waals surface area contributed by atoms with Crippen LogP contribution in [0.25, 0.3) is 0 Å². The summed E-state index contributed by atoms with van der Waals surface area (Å²) in [6, 6.07) is -0.282. The minimum atomic E-state index is -0.804. The molecule has 0 bridgehead atoms. The Hall–Kier alpha value is -1.03. The van der Waals surface area contributed by atoms with E-state index in [1.807, 2.05) is 12.3 Å².